The van der Waals surface area contributed by atoms with Gasteiger partial charge in [0.15, 0.2) is 0 Å². The van der Waals surface area contributed by atoms with Crippen LogP contribution in [0.25, 0.3) is 0 Å². The second kappa shape index (κ2) is 8.53. The Hall–Kier alpha value is -0.770. The summed E-state index contributed by atoms with van der Waals surface area (Å²) in [4.78, 5) is 10.4. The van der Waals surface area contributed by atoms with E-state index < -0.39 is 6.16 Å². The lowest BCUT2D eigenvalue weighted by Crippen LogP contribution is -2.31. The van der Waals surface area contributed by atoms with Gasteiger partial charge in [0.25, 0.3) is 0 Å². The monoisotopic (exact) mass is 218 g/mol. The predicted octanol–water partition coefficient (Wildman–Crippen LogP) is 3.05. The maximum Gasteiger partial charge on any atom is 0.506 e. The number of ether oxygens (including phenoxy) is 2. The molecule has 0 radical (unpaired) electrons. The summed E-state index contributed by atoms with van der Waals surface area (Å²) in [5, 5.41) is 8.49. The van der Waals surface area contributed by atoms with Gasteiger partial charge in [0.05, 0.1) is 6.10 Å². The molecule has 4 heteroatoms. The van der Waals surface area contributed by atoms with Crippen molar-refractivity contribution in [2.75, 3.05) is 6.61 Å². The van der Waals surface area contributed by atoms with Gasteiger partial charge in [0.2, 0.25) is 0 Å². The van der Waals surface area contributed by atoms with Crippen LogP contribution in [0.3, 0.4) is 0 Å². The number of carboxylic acid groups (broad SMARTS) is 1. The highest BCUT2D eigenvalue weighted by molar-refractivity contribution is 5.57. The van der Waals surface area contributed by atoms with Gasteiger partial charge in [-0.1, -0.05) is 26.7 Å². The molecule has 0 rings (SSSR count). The van der Waals surface area contributed by atoms with Gasteiger partial charge >= 0.3 is 6.16 Å². The normalized spacial score (nSPS) is 14.6. The molecule has 15 heavy (non-hydrogen) atoms. The van der Waals surface area contributed by atoms with E-state index in [0.29, 0.717) is 6.61 Å². The third-order valence-electron chi connectivity index (χ3n) is 2.21. The SMILES string of the molecule is CCCCOC(CCC)C(C)OC(=O)O. The molecule has 0 fully saturated rings. The highest BCUT2D eigenvalue weighted by Crippen LogP contribution is 2.11. The van der Waals surface area contributed by atoms with Crippen molar-refractivity contribution in [1.29, 1.82) is 0 Å². The second-order valence-corrected chi connectivity index (χ2v) is 3.64. The van der Waals surface area contributed by atoms with Crippen LogP contribution in [0.4, 0.5) is 4.79 Å². The predicted molar refractivity (Wildman–Crippen MR) is 58.1 cm³/mol. The molecule has 1 N–H and O–H groups in total. The van der Waals surface area contributed by atoms with Crippen LogP contribution in [0.1, 0.15) is 46.5 Å². The molecule has 0 aromatic heterocycles. The maximum absolute atomic E-state index is 10.4. The molecule has 2 unspecified atom stereocenters. The summed E-state index contributed by atoms with van der Waals surface area (Å²) in [6, 6.07) is 0. The number of hydrogen-bond acceptors (Lipinski definition) is 3. The minimum Gasteiger partial charge on any atom is -0.450 e. The van der Waals surface area contributed by atoms with Crippen molar-refractivity contribution in [1.82, 2.24) is 0 Å². The third-order valence-corrected chi connectivity index (χ3v) is 2.21. The minimum atomic E-state index is -1.23. The lowest BCUT2D eigenvalue weighted by atomic mass is 10.1. The van der Waals surface area contributed by atoms with E-state index in [1.54, 1.807) is 6.92 Å². The van der Waals surface area contributed by atoms with E-state index in [9.17, 15) is 4.79 Å². The highest BCUT2D eigenvalue weighted by atomic mass is 16.7. The van der Waals surface area contributed by atoms with E-state index >= 15 is 0 Å². The average molecular weight is 218 g/mol. The summed E-state index contributed by atoms with van der Waals surface area (Å²) >= 11 is 0. The molecule has 0 bridgehead atoms. The Morgan fingerprint density at radius 3 is 2.47 bits per heavy atom. The number of rotatable bonds is 8. The van der Waals surface area contributed by atoms with E-state index in [-0.39, 0.29) is 12.2 Å². The van der Waals surface area contributed by atoms with E-state index in [0.717, 1.165) is 25.7 Å². The molecule has 0 aliphatic carbocycles. The third kappa shape index (κ3) is 7.19. The Balaban J connectivity index is 3.93. The number of carbonyl (C=O) groups is 1. The fraction of sp³-hybridized carbons (Fsp3) is 0.909. The van der Waals surface area contributed by atoms with Gasteiger partial charge in [-0.05, 0) is 19.8 Å². The maximum atomic E-state index is 10.4. The Kier molecular flexibility index (Phi) is 8.09. The standard InChI is InChI=1S/C11H22O4/c1-4-6-8-14-10(7-5-2)9(3)15-11(12)13/h9-10H,4-8H2,1-3H3,(H,12,13). The van der Waals surface area contributed by atoms with Crippen LogP contribution in [-0.4, -0.2) is 30.1 Å². The summed E-state index contributed by atoms with van der Waals surface area (Å²) in [5.74, 6) is 0. The van der Waals surface area contributed by atoms with Crippen LogP contribution in [0, 0.1) is 0 Å². The lowest BCUT2D eigenvalue weighted by Gasteiger charge is -2.22. The molecule has 0 amide bonds. The zero-order chi connectivity index (χ0) is 11.7. The fourth-order valence-corrected chi connectivity index (χ4v) is 1.35. The molecule has 4 nitrogen and oxygen atoms in total. The van der Waals surface area contributed by atoms with Gasteiger partial charge in [-0.25, -0.2) is 4.79 Å². The fourth-order valence-electron chi connectivity index (χ4n) is 1.35. The molecule has 0 aliphatic rings. The van der Waals surface area contributed by atoms with Crippen molar-refractivity contribution < 1.29 is 19.4 Å². The molecule has 0 saturated heterocycles. The van der Waals surface area contributed by atoms with Crippen molar-refractivity contribution in [3.8, 4) is 0 Å². The Labute approximate surface area is 91.6 Å². The Morgan fingerprint density at radius 1 is 1.33 bits per heavy atom. The molecular formula is C11H22O4. The molecule has 0 aliphatic heterocycles. The van der Waals surface area contributed by atoms with Gasteiger partial charge < -0.3 is 14.6 Å². The van der Waals surface area contributed by atoms with Crippen LogP contribution in [-0.2, 0) is 9.47 Å². The van der Waals surface area contributed by atoms with Gasteiger partial charge in [-0.2, -0.15) is 0 Å². The largest absolute Gasteiger partial charge is 0.506 e. The summed E-state index contributed by atoms with van der Waals surface area (Å²) < 4.78 is 10.3. The second-order valence-electron chi connectivity index (χ2n) is 3.64. The molecule has 2 atom stereocenters. The van der Waals surface area contributed by atoms with Gasteiger partial charge in [-0.15, -0.1) is 0 Å². The molecule has 0 aromatic rings. The molecule has 0 heterocycles. The summed E-state index contributed by atoms with van der Waals surface area (Å²) in [5.41, 5.74) is 0. The van der Waals surface area contributed by atoms with Crippen molar-refractivity contribution in [3.05, 3.63) is 0 Å². The first-order valence-electron chi connectivity index (χ1n) is 5.63. The van der Waals surface area contributed by atoms with Gasteiger partial charge in [0, 0.05) is 6.61 Å². The molecule has 90 valence electrons. The van der Waals surface area contributed by atoms with Crippen LogP contribution < -0.4 is 0 Å². The van der Waals surface area contributed by atoms with Gasteiger partial charge in [0.1, 0.15) is 6.10 Å². The van der Waals surface area contributed by atoms with Crippen molar-refractivity contribution in [3.63, 3.8) is 0 Å². The lowest BCUT2D eigenvalue weighted by molar-refractivity contribution is -0.0529. The zero-order valence-electron chi connectivity index (χ0n) is 9.86. The number of hydrogen-bond donors (Lipinski definition) is 1. The summed E-state index contributed by atoms with van der Waals surface area (Å²) in [7, 11) is 0. The van der Waals surface area contributed by atoms with E-state index in [1.165, 1.54) is 0 Å². The first-order chi connectivity index (χ1) is 7.11. The summed E-state index contributed by atoms with van der Waals surface area (Å²) in [6.45, 7) is 6.55. The first kappa shape index (κ1) is 14.2. The van der Waals surface area contributed by atoms with Crippen LogP contribution >= 0.6 is 0 Å². The molecular weight excluding hydrogens is 196 g/mol. The Morgan fingerprint density at radius 2 is 2.00 bits per heavy atom. The van der Waals surface area contributed by atoms with E-state index in [4.69, 9.17) is 9.84 Å². The number of unbranched alkanes of at least 4 members (excludes halogenated alkanes) is 1. The van der Waals surface area contributed by atoms with Gasteiger partial charge in [-0.3, -0.25) is 0 Å². The van der Waals surface area contributed by atoms with Crippen LogP contribution in [0.5, 0.6) is 0 Å². The van der Waals surface area contributed by atoms with E-state index in [1.807, 2.05) is 6.92 Å². The van der Waals surface area contributed by atoms with Crippen LogP contribution in [0.15, 0.2) is 0 Å². The van der Waals surface area contributed by atoms with Crippen molar-refractivity contribution in [2.24, 2.45) is 0 Å². The average Bonchev–Trinajstić information content (AvgIpc) is 2.15. The van der Waals surface area contributed by atoms with Crippen molar-refractivity contribution >= 4 is 6.16 Å². The molecule has 0 saturated carbocycles. The minimum absolute atomic E-state index is 0.113. The van der Waals surface area contributed by atoms with E-state index in [2.05, 4.69) is 11.7 Å². The topological polar surface area (TPSA) is 55.8 Å². The van der Waals surface area contributed by atoms with Crippen LogP contribution in [0.2, 0.25) is 0 Å². The Bertz CT molecular complexity index is 170. The summed E-state index contributed by atoms with van der Waals surface area (Å²) in [6.07, 6.45) is 2.13. The van der Waals surface area contributed by atoms with Crippen molar-refractivity contribution in [2.45, 2.75) is 58.7 Å². The smallest absolute Gasteiger partial charge is 0.450 e. The highest BCUT2D eigenvalue weighted by Gasteiger charge is 2.20. The zero-order valence-corrected chi connectivity index (χ0v) is 9.86. The quantitative estimate of drug-likeness (QED) is 0.502. The molecule has 0 aromatic carbocycles. The first-order valence-corrected chi connectivity index (χ1v) is 5.63. The molecule has 0 spiro atoms.